The average Bonchev–Trinajstić information content (AvgIpc) is 2.64. The number of nitrogens with one attached hydrogen (secondary N) is 1. The summed E-state index contributed by atoms with van der Waals surface area (Å²) >= 11 is 6.04. The van der Waals surface area contributed by atoms with Crippen LogP contribution in [0.3, 0.4) is 0 Å². The van der Waals surface area contributed by atoms with Crippen LogP contribution in [0.1, 0.15) is 24.2 Å². The number of morpholine rings is 1. The molecule has 1 fully saturated rings. The number of hydrogen-bond acceptors (Lipinski definition) is 5. The molecule has 0 spiro atoms. The van der Waals surface area contributed by atoms with E-state index in [0.29, 0.717) is 35.2 Å². The summed E-state index contributed by atoms with van der Waals surface area (Å²) < 4.78 is 11.0. The van der Waals surface area contributed by atoms with E-state index < -0.39 is 0 Å². The number of benzene rings is 1. The molecule has 0 aliphatic carbocycles. The summed E-state index contributed by atoms with van der Waals surface area (Å²) in [5.74, 6) is 1.08. The Labute approximate surface area is 158 Å². The SMILES string of the molecule is CC(C)Oc1ccc(Cl)cc1C(=O)Nc1ccc(N2CCOCC2)nc1. The summed E-state index contributed by atoms with van der Waals surface area (Å²) in [5, 5.41) is 3.32. The van der Waals surface area contributed by atoms with Crippen LogP contribution in [0.15, 0.2) is 36.5 Å². The van der Waals surface area contributed by atoms with E-state index >= 15 is 0 Å². The maximum atomic E-state index is 12.7. The minimum Gasteiger partial charge on any atom is -0.490 e. The first kappa shape index (κ1) is 18.5. The smallest absolute Gasteiger partial charge is 0.259 e. The van der Waals surface area contributed by atoms with Crippen molar-refractivity contribution < 1.29 is 14.3 Å². The van der Waals surface area contributed by atoms with Crippen LogP contribution >= 0.6 is 11.6 Å². The Hall–Kier alpha value is -2.31. The molecule has 1 aromatic carbocycles. The molecule has 1 N–H and O–H groups in total. The number of carbonyl (C=O) groups is 1. The second-order valence-electron chi connectivity index (χ2n) is 6.27. The molecule has 138 valence electrons. The Morgan fingerprint density at radius 2 is 2.04 bits per heavy atom. The van der Waals surface area contributed by atoms with Gasteiger partial charge in [-0.3, -0.25) is 4.79 Å². The highest BCUT2D eigenvalue weighted by atomic mass is 35.5. The zero-order valence-corrected chi connectivity index (χ0v) is 15.6. The normalized spacial score (nSPS) is 14.4. The van der Waals surface area contributed by atoms with E-state index in [1.807, 2.05) is 26.0 Å². The molecule has 0 unspecified atom stereocenters. The number of halogens is 1. The van der Waals surface area contributed by atoms with E-state index in [1.54, 1.807) is 24.4 Å². The van der Waals surface area contributed by atoms with Gasteiger partial charge in [0.2, 0.25) is 0 Å². The molecule has 2 heterocycles. The van der Waals surface area contributed by atoms with Gasteiger partial charge in [-0.15, -0.1) is 0 Å². The van der Waals surface area contributed by atoms with Gasteiger partial charge >= 0.3 is 0 Å². The van der Waals surface area contributed by atoms with Crippen molar-refractivity contribution >= 4 is 29.0 Å². The van der Waals surface area contributed by atoms with Gasteiger partial charge in [0.1, 0.15) is 11.6 Å². The summed E-state index contributed by atoms with van der Waals surface area (Å²) in [6, 6.07) is 8.74. The van der Waals surface area contributed by atoms with Gasteiger partial charge in [-0.25, -0.2) is 4.98 Å². The lowest BCUT2D eigenvalue weighted by atomic mass is 10.2. The fourth-order valence-electron chi connectivity index (χ4n) is 2.67. The lowest BCUT2D eigenvalue weighted by molar-refractivity contribution is 0.102. The summed E-state index contributed by atoms with van der Waals surface area (Å²) in [5.41, 5.74) is 1.01. The third-order valence-corrected chi connectivity index (χ3v) is 4.12. The standard InChI is InChI=1S/C19H22ClN3O3/c1-13(2)26-17-5-3-14(20)11-16(17)19(24)22-15-4-6-18(21-12-15)23-7-9-25-10-8-23/h3-6,11-13H,7-10H2,1-2H3,(H,22,24). The highest BCUT2D eigenvalue weighted by molar-refractivity contribution is 6.31. The van der Waals surface area contributed by atoms with Crippen molar-refractivity contribution in [1.29, 1.82) is 0 Å². The van der Waals surface area contributed by atoms with Crippen molar-refractivity contribution in [1.82, 2.24) is 4.98 Å². The number of ether oxygens (including phenoxy) is 2. The number of aromatic nitrogens is 1. The molecule has 0 saturated carbocycles. The van der Waals surface area contributed by atoms with Crippen LogP contribution in [0.5, 0.6) is 5.75 Å². The second kappa shape index (κ2) is 8.38. The first-order valence-electron chi connectivity index (χ1n) is 8.59. The molecule has 0 radical (unpaired) electrons. The van der Waals surface area contributed by atoms with Gasteiger partial charge < -0.3 is 19.7 Å². The van der Waals surface area contributed by atoms with E-state index in [0.717, 1.165) is 18.9 Å². The maximum Gasteiger partial charge on any atom is 0.259 e. The van der Waals surface area contributed by atoms with E-state index in [-0.39, 0.29) is 12.0 Å². The Kier molecular flexibility index (Phi) is 5.96. The van der Waals surface area contributed by atoms with Gasteiger partial charge in [0.05, 0.1) is 36.8 Å². The van der Waals surface area contributed by atoms with E-state index in [1.165, 1.54) is 0 Å². The lowest BCUT2D eigenvalue weighted by Crippen LogP contribution is -2.36. The van der Waals surface area contributed by atoms with Crippen LogP contribution in [0, 0.1) is 0 Å². The van der Waals surface area contributed by atoms with Crippen LogP contribution in [0.2, 0.25) is 5.02 Å². The minimum atomic E-state index is -0.288. The van der Waals surface area contributed by atoms with Crippen LogP contribution in [-0.4, -0.2) is 43.3 Å². The summed E-state index contributed by atoms with van der Waals surface area (Å²) in [6.07, 6.45) is 1.60. The second-order valence-corrected chi connectivity index (χ2v) is 6.70. The summed E-state index contributed by atoms with van der Waals surface area (Å²) in [6.45, 7) is 6.85. The zero-order chi connectivity index (χ0) is 18.5. The van der Waals surface area contributed by atoms with Gasteiger partial charge in [0.25, 0.3) is 5.91 Å². The van der Waals surface area contributed by atoms with Gasteiger partial charge in [-0.1, -0.05) is 11.6 Å². The quantitative estimate of drug-likeness (QED) is 0.864. The largest absolute Gasteiger partial charge is 0.490 e. The number of nitrogens with zero attached hydrogens (tertiary/aromatic N) is 2. The van der Waals surface area contributed by atoms with Gasteiger partial charge in [0, 0.05) is 18.1 Å². The fourth-order valence-corrected chi connectivity index (χ4v) is 2.85. The number of pyridine rings is 1. The Bertz CT molecular complexity index is 759. The maximum absolute atomic E-state index is 12.7. The lowest BCUT2D eigenvalue weighted by Gasteiger charge is -2.27. The molecule has 1 aliphatic rings. The molecule has 7 heteroatoms. The zero-order valence-electron chi connectivity index (χ0n) is 14.9. The summed E-state index contributed by atoms with van der Waals surface area (Å²) in [7, 11) is 0. The first-order chi connectivity index (χ1) is 12.5. The van der Waals surface area contributed by atoms with Crippen LogP contribution in [0.25, 0.3) is 0 Å². The molecule has 0 atom stereocenters. The number of carbonyl (C=O) groups excluding carboxylic acids is 1. The monoisotopic (exact) mass is 375 g/mol. The van der Waals surface area contributed by atoms with E-state index in [9.17, 15) is 4.79 Å². The molecule has 6 nitrogen and oxygen atoms in total. The molecular weight excluding hydrogens is 354 g/mol. The van der Waals surface area contributed by atoms with Crippen molar-refractivity contribution in [2.45, 2.75) is 20.0 Å². The van der Waals surface area contributed by atoms with Gasteiger partial charge in [0.15, 0.2) is 0 Å². The molecule has 1 amide bonds. The van der Waals surface area contributed by atoms with Crippen LogP contribution in [-0.2, 0) is 4.74 Å². The van der Waals surface area contributed by atoms with Crippen molar-refractivity contribution in [2.75, 3.05) is 36.5 Å². The average molecular weight is 376 g/mol. The van der Waals surface area contributed by atoms with Gasteiger partial charge in [-0.2, -0.15) is 0 Å². The minimum absolute atomic E-state index is 0.0443. The number of anilines is 2. The molecule has 1 aliphatic heterocycles. The van der Waals surface area contributed by atoms with E-state index in [4.69, 9.17) is 21.1 Å². The van der Waals surface area contributed by atoms with Crippen molar-refractivity contribution in [3.63, 3.8) is 0 Å². The van der Waals surface area contributed by atoms with E-state index in [2.05, 4.69) is 15.2 Å². The molecule has 3 rings (SSSR count). The number of amides is 1. The molecular formula is C19H22ClN3O3. The Morgan fingerprint density at radius 3 is 2.69 bits per heavy atom. The van der Waals surface area contributed by atoms with Crippen LogP contribution < -0.4 is 15.0 Å². The molecule has 1 saturated heterocycles. The number of rotatable bonds is 5. The molecule has 1 aromatic heterocycles. The third kappa shape index (κ3) is 4.65. The van der Waals surface area contributed by atoms with Crippen molar-refractivity contribution in [2.24, 2.45) is 0 Å². The molecule has 26 heavy (non-hydrogen) atoms. The van der Waals surface area contributed by atoms with Crippen molar-refractivity contribution in [3.05, 3.63) is 47.1 Å². The molecule has 0 bridgehead atoms. The highest BCUT2D eigenvalue weighted by Gasteiger charge is 2.16. The Balaban J connectivity index is 1.72. The fraction of sp³-hybridized carbons (Fsp3) is 0.368. The summed E-state index contributed by atoms with van der Waals surface area (Å²) in [4.78, 5) is 19.2. The molecule has 2 aromatic rings. The predicted octanol–water partition coefficient (Wildman–Crippen LogP) is 3.61. The number of hydrogen-bond donors (Lipinski definition) is 1. The first-order valence-corrected chi connectivity index (χ1v) is 8.97. The highest BCUT2D eigenvalue weighted by Crippen LogP contribution is 2.25. The topological polar surface area (TPSA) is 63.7 Å². The van der Waals surface area contributed by atoms with Crippen LogP contribution in [0.4, 0.5) is 11.5 Å². The van der Waals surface area contributed by atoms with Crippen molar-refractivity contribution in [3.8, 4) is 5.75 Å². The van der Waals surface area contributed by atoms with Gasteiger partial charge in [-0.05, 0) is 44.2 Å². The predicted molar refractivity (Wildman–Crippen MR) is 102 cm³/mol. The third-order valence-electron chi connectivity index (χ3n) is 3.89. The Morgan fingerprint density at radius 1 is 1.27 bits per heavy atom.